The minimum atomic E-state index is -1.06. The van der Waals surface area contributed by atoms with Crippen LogP contribution in [0.5, 0.6) is 0 Å². The molecule has 1 aliphatic heterocycles. The number of rotatable bonds is 7. The second-order valence-corrected chi connectivity index (χ2v) is 6.63. The molecule has 9 nitrogen and oxygen atoms in total. The summed E-state index contributed by atoms with van der Waals surface area (Å²) >= 11 is 0. The minimum Gasteiger partial charge on any atom is -0.481 e. The Morgan fingerprint density at radius 1 is 1.14 bits per heavy atom. The van der Waals surface area contributed by atoms with Crippen LogP contribution >= 0.6 is 0 Å². The molecule has 2 N–H and O–H groups in total. The van der Waals surface area contributed by atoms with Crippen molar-refractivity contribution >= 4 is 29.4 Å². The number of nitrogens with zero attached hydrogens (tertiary/aromatic N) is 2. The van der Waals surface area contributed by atoms with Gasteiger partial charge in [-0.15, -0.1) is 0 Å². The van der Waals surface area contributed by atoms with Crippen molar-refractivity contribution in [3.05, 3.63) is 29.8 Å². The van der Waals surface area contributed by atoms with Crippen molar-refractivity contribution in [1.82, 2.24) is 9.80 Å². The summed E-state index contributed by atoms with van der Waals surface area (Å²) < 4.78 is 4.68. The molecule has 1 aliphatic rings. The van der Waals surface area contributed by atoms with Crippen molar-refractivity contribution in [2.24, 2.45) is 5.92 Å². The first-order valence-electron chi connectivity index (χ1n) is 8.99. The number of aliphatic carboxylic acids is 1. The molecular weight excluding hydrogens is 366 g/mol. The predicted octanol–water partition coefficient (Wildman–Crippen LogP) is 0.667. The van der Waals surface area contributed by atoms with Crippen molar-refractivity contribution in [2.75, 3.05) is 45.2 Å². The Bertz CT molecular complexity index is 743. The highest BCUT2D eigenvalue weighted by Crippen LogP contribution is 2.18. The Morgan fingerprint density at radius 2 is 1.79 bits per heavy atom. The van der Waals surface area contributed by atoms with E-state index in [1.165, 1.54) is 20.1 Å². The monoisotopic (exact) mass is 391 g/mol. The Hall–Kier alpha value is -2.94. The summed E-state index contributed by atoms with van der Waals surface area (Å²) in [6, 6.07) is 6.37. The third kappa shape index (κ3) is 5.78. The number of amides is 2. The lowest BCUT2D eigenvalue weighted by Gasteiger charge is -2.35. The van der Waals surface area contributed by atoms with Gasteiger partial charge in [-0.25, -0.2) is 4.79 Å². The summed E-state index contributed by atoms with van der Waals surface area (Å²) in [5.41, 5.74) is 0.476. The molecule has 1 aromatic carbocycles. The number of methoxy groups -OCH3 is 1. The van der Waals surface area contributed by atoms with Crippen LogP contribution in [0.1, 0.15) is 23.7 Å². The number of para-hydroxylation sites is 1. The van der Waals surface area contributed by atoms with E-state index in [1.807, 2.05) is 4.90 Å². The Balaban J connectivity index is 1.96. The predicted molar refractivity (Wildman–Crippen MR) is 101 cm³/mol. The van der Waals surface area contributed by atoms with Crippen LogP contribution in [-0.4, -0.2) is 78.5 Å². The average molecular weight is 391 g/mol. The van der Waals surface area contributed by atoms with Crippen molar-refractivity contribution in [3.63, 3.8) is 0 Å². The lowest BCUT2D eigenvalue weighted by molar-refractivity contribution is -0.144. The Morgan fingerprint density at radius 3 is 2.36 bits per heavy atom. The molecule has 0 saturated carbocycles. The van der Waals surface area contributed by atoms with E-state index in [1.54, 1.807) is 23.1 Å². The second kappa shape index (κ2) is 9.84. The number of carbonyl (C=O) groups excluding carboxylic acids is 3. The zero-order chi connectivity index (χ0) is 20.7. The molecule has 28 heavy (non-hydrogen) atoms. The van der Waals surface area contributed by atoms with E-state index < -0.39 is 23.8 Å². The molecule has 0 aliphatic carbocycles. The number of carbonyl (C=O) groups is 4. The maximum atomic E-state index is 12.4. The molecule has 1 atom stereocenters. The summed E-state index contributed by atoms with van der Waals surface area (Å²) in [6.45, 7) is 3.94. The van der Waals surface area contributed by atoms with Gasteiger partial charge in [0.15, 0.2) is 0 Å². The van der Waals surface area contributed by atoms with Crippen LogP contribution in [0.15, 0.2) is 24.3 Å². The van der Waals surface area contributed by atoms with Crippen molar-refractivity contribution in [1.29, 1.82) is 0 Å². The van der Waals surface area contributed by atoms with E-state index in [4.69, 9.17) is 0 Å². The van der Waals surface area contributed by atoms with E-state index in [9.17, 15) is 24.3 Å². The van der Waals surface area contributed by atoms with E-state index in [2.05, 4.69) is 10.1 Å². The Labute approximate surface area is 163 Å². The molecule has 0 aromatic heterocycles. The fourth-order valence-electron chi connectivity index (χ4n) is 3.09. The van der Waals surface area contributed by atoms with Gasteiger partial charge < -0.3 is 20.1 Å². The van der Waals surface area contributed by atoms with Gasteiger partial charge in [0.05, 0.1) is 24.3 Å². The van der Waals surface area contributed by atoms with Crippen molar-refractivity contribution in [2.45, 2.75) is 13.3 Å². The van der Waals surface area contributed by atoms with Crippen LogP contribution in [0.4, 0.5) is 5.69 Å². The summed E-state index contributed by atoms with van der Waals surface area (Å²) in [5.74, 6) is -3.04. The van der Waals surface area contributed by atoms with Crippen LogP contribution < -0.4 is 5.32 Å². The number of hydrogen-bond donors (Lipinski definition) is 2. The lowest BCUT2D eigenvalue weighted by atomic mass is 10.0. The van der Waals surface area contributed by atoms with Gasteiger partial charge in [-0.3, -0.25) is 19.3 Å². The van der Waals surface area contributed by atoms with Gasteiger partial charge in [-0.05, 0) is 12.1 Å². The van der Waals surface area contributed by atoms with Crippen LogP contribution in [0.3, 0.4) is 0 Å². The van der Waals surface area contributed by atoms with Gasteiger partial charge in [0.1, 0.15) is 0 Å². The molecule has 2 rings (SSSR count). The van der Waals surface area contributed by atoms with Gasteiger partial charge in [0.2, 0.25) is 11.8 Å². The number of nitrogens with one attached hydrogen (secondary N) is 1. The highest BCUT2D eigenvalue weighted by molar-refractivity contribution is 6.01. The SMILES string of the molecule is COC(=O)c1ccccc1NC(=O)CC(CN1CCN(C(C)=O)CC1)C(=O)O. The number of carboxylic acids is 1. The zero-order valence-electron chi connectivity index (χ0n) is 16.0. The first-order chi connectivity index (χ1) is 13.3. The van der Waals surface area contributed by atoms with E-state index >= 15 is 0 Å². The van der Waals surface area contributed by atoms with E-state index in [0.29, 0.717) is 26.2 Å². The average Bonchev–Trinajstić information content (AvgIpc) is 2.67. The molecule has 1 heterocycles. The van der Waals surface area contributed by atoms with Crippen LogP contribution in [0, 0.1) is 5.92 Å². The van der Waals surface area contributed by atoms with Gasteiger partial charge in [-0.2, -0.15) is 0 Å². The van der Waals surface area contributed by atoms with Crippen LogP contribution in [0.25, 0.3) is 0 Å². The van der Waals surface area contributed by atoms with Crippen molar-refractivity contribution in [3.8, 4) is 0 Å². The molecule has 9 heteroatoms. The molecule has 0 radical (unpaired) electrons. The number of hydrogen-bond acceptors (Lipinski definition) is 6. The third-order valence-corrected chi connectivity index (χ3v) is 4.68. The largest absolute Gasteiger partial charge is 0.481 e. The molecule has 1 aromatic rings. The topological polar surface area (TPSA) is 116 Å². The standard InChI is InChI=1S/C19H25N3O6/c1-13(23)22-9-7-21(8-10-22)12-14(18(25)26)11-17(24)20-16-6-4-3-5-15(16)19(27)28-2/h3-6,14H,7-12H2,1-2H3,(H,20,24)(H,25,26). The molecule has 0 bridgehead atoms. The molecular formula is C19H25N3O6. The second-order valence-electron chi connectivity index (χ2n) is 6.63. The quantitative estimate of drug-likeness (QED) is 0.656. The highest BCUT2D eigenvalue weighted by atomic mass is 16.5. The molecule has 1 fully saturated rings. The molecule has 2 amide bonds. The number of ether oxygens (including phenoxy) is 1. The van der Waals surface area contributed by atoms with Gasteiger partial charge in [0, 0.05) is 46.1 Å². The summed E-state index contributed by atoms with van der Waals surface area (Å²) in [6.07, 6.45) is -0.224. The first-order valence-corrected chi connectivity index (χ1v) is 8.99. The Kier molecular flexibility index (Phi) is 7.51. The number of piperazine rings is 1. The van der Waals surface area contributed by atoms with Gasteiger partial charge in [-0.1, -0.05) is 12.1 Å². The number of benzene rings is 1. The normalized spacial score (nSPS) is 15.6. The number of carboxylic acid groups (broad SMARTS) is 1. The first kappa shape index (κ1) is 21.4. The van der Waals surface area contributed by atoms with Gasteiger partial charge in [0.25, 0.3) is 0 Å². The summed E-state index contributed by atoms with van der Waals surface area (Å²) in [4.78, 5) is 50.8. The zero-order valence-corrected chi connectivity index (χ0v) is 16.0. The van der Waals surface area contributed by atoms with E-state index in [-0.39, 0.29) is 30.1 Å². The summed E-state index contributed by atoms with van der Waals surface area (Å²) in [5, 5.41) is 12.1. The molecule has 152 valence electrons. The maximum absolute atomic E-state index is 12.4. The lowest BCUT2D eigenvalue weighted by Crippen LogP contribution is -2.50. The smallest absolute Gasteiger partial charge is 0.339 e. The van der Waals surface area contributed by atoms with Crippen LogP contribution in [-0.2, 0) is 19.1 Å². The summed E-state index contributed by atoms with van der Waals surface area (Å²) in [7, 11) is 1.24. The number of esters is 1. The maximum Gasteiger partial charge on any atom is 0.339 e. The third-order valence-electron chi connectivity index (χ3n) is 4.68. The van der Waals surface area contributed by atoms with E-state index in [0.717, 1.165) is 0 Å². The fourth-order valence-corrected chi connectivity index (χ4v) is 3.09. The molecule has 1 saturated heterocycles. The number of anilines is 1. The van der Waals surface area contributed by atoms with Crippen LogP contribution in [0.2, 0.25) is 0 Å². The van der Waals surface area contributed by atoms with Crippen molar-refractivity contribution < 1.29 is 29.0 Å². The minimum absolute atomic E-state index is 0.00177. The fraction of sp³-hybridized carbons (Fsp3) is 0.474. The van der Waals surface area contributed by atoms with Gasteiger partial charge >= 0.3 is 11.9 Å². The highest BCUT2D eigenvalue weighted by Gasteiger charge is 2.27. The molecule has 0 spiro atoms. The molecule has 1 unspecified atom stereocenters.